The van der Waals surface area contributed by atoms with Gasteiger partial charge in [0.15, 0.2) is 0 Å². The molecule has 1 atom stereocenters. The first-order valence-electron chi connectivity index (χ1n) is 9.77. The molecule has 3 nitrogen and oxygen atoms in total. The number of aliphatic hydroxyl groups is 1. The molecule has 4 aromatic rings. The molecule has 0 aliphatic heterocycles. The number of fused-ring (bicyclic) bond motifs is 1. The third kappa shape index (κ3) is 4.16. The number of para-hydroxylation sites is 1. The number of aliphatic hydroxyl groups excluding tert-OH is 1. The van der Waals surface area contributed by atoms with Crippen LogP contribution in [0.1, 0.15) is 28.4 Å². The van der Waals surface area contributed by atoms with Gasteiger partial charge >= 0.3 is 0 Å². The lowest BCUT2D eigenvalue weighted by Crippen LogP contribution is -2.20. The molecule has 0 spiro atoms. The highest BCUT2D eigenvalue weighted by Crippen LogP contribution is 2.23. The van der Waals surface area contributed by atoms with E-state index in [0.29, 0.717) is 6.54 Å². The zero-order chi connectivity index (χ0) is 19.3. The Morgan fingerprint density at radius 3 is 2.39 bits per heavy atom. The standard InChI is InChI=1S/C25H26N2O/c1-19-11-13-20(14-12-19)17-27-18-22(23-9-5-6-10-24(23)27)15-26-16-25(28)21-7-3-2-4-8-21/h2-14,18,25-26,28H,15-17H2,1H3/t25-/m0/s1. The van der Waals surface area contributed by atoms with E-state index < -0.39 is 6.10 Å². The molecule has 2 N–H and O–H groups in total. The highest BCUT2D eigenvalue weighted by Gasteiger charge is 2.10. The zero-order valence-electron chi connectivity index (χ0n) is 16.2. The highest BCUT2D eigenvalue weighted by atomic mass is 16.3. The number of hydrogen-bond donors (Lipinski definition) is 2. The van der Waals surface area contributed by atoms with Crippen LogP contribution >= 0.6 is 0 Å². The smallest absolute Gasteiger partial charge is 0.0914 e. The van der Waals surface area contributed by atoms with Gasteiger partial charge < -0.3 is 15.0 Å². The van der Waals surface area contributed by atoms with E-state index in [9.17, 15) is 5.11 Å². The SMILES string of the molecule is Cc1ccc(Cn2cc(CNC[C@H](O)c3ccccc3)c3ccccc32)cc1. The monoisotopic (exact) mass is 370 g/mol. The second-order valence-corrected chi connectivity index (χ2v) is 7.34. The summed E-state index contributed by atoms with van der Waals surface area (Å²) >= 11 is 0. The Bertz CT molecular complexity index is 1040. The van der Waals surface area contributed by atoms with Gasteiger partial charge in [0.05, 0.1) is 6.10 Å². The fourth-order valence-corrected chi connectivity index (χ4v) is 3.62. The summed E-state index contributed by atoms with van der Waals surface area (Å²) in [6, 6.07) is 27.0. The lowest BCUT2D eigenvalue weighted by Gasteiger charge is -2.11. The van der Waals surface area contributed by atoms with Gasteiger partial charge in [-0.3, -0.25) is 0 Å². The topological polar surface area (TPSA) is 37.2 Å². The van der Waals surface area contributed by atoms with Crippen molar-refractivity contribution >= 4 is 10.9 Å². The second-order valence-electron chi connectivity index (χ2n) is 7.34. The summed E-state index contributed by atoms with van der Waals surface area (Å²) in [6.45, 7) is 4.22. The molecule has 0 aliphatic carbocycles. The average molecular weight is 370 g/mol. The molecule has 28 heavy (non-hydrogen) atoms. The van der Waals surface area contributed by atoms with E-state index in [0.717, 1.165) is 18.7 Å². The van der Waals surface area contributed by atoms with Crippen molar-refractivity contribution in [2.75, 3.05) is 6.54 Å². The number of nitrogens with zero attached hydrogens (tertiary/aromatic N) is 1. The van der Waals surface area contributed by atoms with Gasteiger partial charge in [-0.05, 0) is 29.7 Å². The van der Waals surface area contributed by atoms with Crippen molar-refractivity contribution in [2.24, 2.45) is 0 Å². The summed E-state index contributed by atoms with van der Waals surface area (Å²) in [4.78, 5) is 0. The summed E-state index contributed by atoms with van der Waals surface area (Å²) in [5, 5.41) is 15.0. The van der Waals surface area contributed by atoms with Crippen molar-refractivity contribution in [1.29, 1.82) is 0 Å². The van der Waals surface area contributed by atoms with Crippen LogP contribution in [-0.2, 0) is 13.1 Å². The van der Waals surface area contributed by atoms with E-state index in [4.69, 9.17) is 0 Å². The predicted octanol–water partition coefficient (Wildman–Crippen LogP) is 4.82. The van der Waals surface area contributed by atoms with E-state index in [-0.39, 0.29) is 0 Å². The Morgan fingerprint density at radius 1 is 0.893 bits per heavy atom. The molecule has 0 radical (unpaired) electrons. The molecule has 0 saturated heterocycles. The molecule has 1 heterocycles. The van der Waals surface area contributed by atoms with Gasteiger partial charge in [-0.1, -0.05) is 78.4 Å². The minimum absolute atomic E-state index is 0.498. The third-order valence-electron chi connectivity index (χ3n) is 5.18. The van der Waals surface area contributed by atoms with Crippen molar-refractivity contribution in [1.82, 2.24) is 9.88 Å². The zero-order valence-corrected chi connectivity index (χ0v) is 16.2. The Balaban J connectivity index is 1.49. The molecule has 0 bridgehead atoms. The fraction of sp³-hybridized carbons (Fsp3) is 0.200. The molecule has 4 rings (SSSR count). The summed E-state index contributed by atoms with van der Waals surface area (Å²) in [5.74, 6) is 0. The van der Waals surface area contributed by atoms with Crippen LogP contribution in [0.3, 0.4) is 0 Å². The number of nitrogens with one attached hydrogen (secondary N) is 1. The van der Waals surface area contributed by atoms with Crippen molar-refractivity contribution < 1.29 is 5.11 Å². The summed E-state index contributed by atoms with van der Waals surface area (Å²) in [5.41, 5.74) is 6.01. The average Bonchev–Trinajstić information content (AvgIpc) is 3.08. The van der Waals surface area contributed by atoms with Crippen molar-refractivity contribution in [3.05, 3.63) is 107 Å². The molecule has 0 amide bonds. The lowest BCUT2D eigenvalue weighted by atomic mass is 10.1. The molecule has 0 aliphatic rings. The van der Waals surface area contributed by atoms with Gasteiger partial charge in [-0.2, -0.15) is 0 Å². The van der Waals surface area contributed by atoms with Crippen LogP contribution in [0.25, 0.3) is 10.9 Å². The summed E-state index contributed by atoms with van der Waals surface area (Å²) < 4.78 is 2.31. The van der Waals surface area contributed by atoms with Crippen LogP contribution in [0.15, 0.2) is 85.1 Å². The maximum absolute atomic E-state index is 10.4. The highest BCUT2D eigenvalue weighted by molar-refractivity contribution is 5.84. The number of hydrogen-bond acceptors (Lipinski definition) is 2. The molecule has 142 valence electrons. The normalized spacial score (nSPS) is 12.4. The molecular weight excluding hydrogens is 344 g/mol. The Hall–Kier alpha value is -2.88. The Morgan fingerprint density at radius 2 is 1.61 bits per heavy atom. The summed E-state index contributed by atoms with van der Waals surface area (Å²) in [6.07, 6.45) is 1.73. The van der Waals surface area contributed by atoms with Crippen LogP contribution < -0.4 is 5.32 Å². The van der Waals surface area contributed by atoms with Crippen LogP contribution in [-0.4, -0.2) is 16.2 Å². The fourth-order valence-electron chi connectivity index (χ4n) is 3.62. The largest absolute Gasteiger partial charge is 0.387 e. The maximum atomic E-state index is 10.4. The Kier molecular flexibility index (Phi) is 5.56. The molecule has 3 aromatic carbocycles. The Labute approximate surface area is 166 Å². The summed E-state index contributed by atoms with van der Waals surface area (Å²) in [7, 11) is 0. The van der Waals surface area contributed by atoms with Gasteiger partial charge in [-0.15, -0.1) is 0 Å². The molecule has 0 fully saturated rings. The van der Waals surface area contributed by atoms with Crippen molar-refractivity contribution in [2.45, 2.75) is 26.1 Å². The van der Waals surface area contributed by atoms with E-state index in [2.05, 4.69) is 71.5 Å². The lowest BCUT2D eigenvalue weighted by molar-refractivity contribution is 0.174. The van der Waals surface area contributed by atoms with E-state index in [1.807, 2.05) is 30.3 Å². The number of aryl methyl sites for hydroxylation is 1. The van der Waals surface area contributed by atoms with E-state index in [1.54, 1.807) is 0 Å². The van der Waals surface area contributed by atoms with E-state index >= 15 is 0 Å². The third-order valence-corrected chi connectivity index (χ3v) is 5.18. The van der Waals surface area contributed by atoms with Crippen LogP contribution in [0.2, 0.25) is 0 Å². The first kappa shape index (κ1) is 18.5. The van der Waals surface area contributed by atoms with Gasteiger partial charge in [0, 0.05) is 36.7 Å². The predicted molar refractivity (Wildman–Crippen MR) is 115 cm³/mol. The molecule has 3 heteroatoms. The number of aromatic nitrogens is 1. The minimum atomic E-state index is -0.498. The van der Waals surface area contributed by atoms with E-state index in [1.165, 1.54) is 27.6 Å². The first-order chi connectivity index (χ1) is 13.7. The second kappa shape index (κ2) is 8.42. The number of rotatable bonds is 7. The van der Waals surface area contributed by atoms with Gasteiger partial charge in [0.2, 0.25) is 0 Å². The van der Waals surface area contributed by atoms with Crippen molar-refractivity contribution in [3.63, 3.8) is 0 Å². The van der Waals surface area contributed by atoms with Crippen molar-refractivity contribution in [3.8, 4) is 0 Å². The minimum Gasteiger partial charge on any atom is -0.387 e. The number of benzene rings is 3. The van der Waals surface area contributed by atoms with Gasteiger partial charge in [-0.25, -0.2) is 0 Å². The van der Waals surface area contributed by atoms with Gasteiger partial charge in [0.1, 0.15) is 0 Å². The quantitative estimate of drug-likeness (QED) is 0.489. The maximum Gasteiger partial charge on any atom is 0.0914 e. The van der Waals surface area contributed by atoms with Crippen LogP contribution in [0.5, 0.6) is 0 Å². The van der Waals surface area contributed by atoms with Crippen LogP contribution in [0, 0.1) is 6.92 Å². The molecule has 0 saturated carbocycles. The molecule has 0 unspecified atom stereocenters. The molecule has 1 aromatic heterocycles. The van der Waals surface area contributed by atoms with Crippen LogP contribution in [0.4, 0.5) is 0 Å². The molecular formula is C25H26N2O. The van der Waals surface area contributed by atoms with Gasteiger partial charge in [0.25, 0.3) is 0 Å². The first-order valence-corrected chi connectivity index (χ1v) is 9.77.